The maximum absolute atomic E-state index is 12.9. The Hall–Kier alpha value is -1.61. The quantitative estimate of drug-likeness (QED) is 0.732. The number of halogens is 1. The highest BCUT2D eigenvalue weighted by Gasteiger charge is 2.22. The zero-order valence-corrected chi connectivity index (χ0v) is 13.7. The van der Waals surface area contributed by atoms with E-state index < -0.39 is 0 Å². The molecule has 0 saturated carbocycles. The minimum Gasteiger partial charge on any atom is -0.308 e. The zero-order chi connectivity index (χ0) is 14.8. The Kier molecular flexibility index (Phi) is 4.11. The van der Waals surface area contributed by atoms with E-state index in [1.165, 1.54) is 5.56 Å². The molecule has 0 N–H and O–H groups in total. The van der Waals surface area contributed by atoms with E-state index >= 15 is 0 Å². The number of anilines is 1. The van der Waals surface area contributed by atoms with Gasteiger partial charge in [-0.1, -0.05) is 40.2 Å². The van der Waals surface area contributed by atoms with Crippen molar-refractivity contribution in [2.75, 3.05) is 11.4 Å². The van der Waals surface area contributed by atoms with Gasteiger partial charge in [-0.15, -0.1) is 0 Å². The second-order valence-electron chi connectivity index (χ2n) is 5.51. The summed E-state index contributed by atoms with van der Waals surface area (Å²) < 4.78 is 0.983. The normalized spacial score (nSPS) is 14.5. The van der Waals surface area contributed by atoms with Crippen LogP contribution in [0.3, 0.4) is 0 Å². The van der Waals surface area contributed by atoms with Gasteiger partial charge in [-0.3, -0.25) is 4.79 Å². The molecule has 0 atom stereocenters. The van der Waals surface area contributed by atoms with E-state index in [0.29, 0.717) is 0 Å². The number of benzene rings is 2. The SMILES string of the molecule is Cc1ccc(C(=O)N2CCCCc3ccccc32)cc1Br. The first kappa shape index (κ1) is 14.3. The predicted molar refractivity (Wildman–Crippen MR) is 89.9 cm³/mol. The Bertz CT molecular complexity index is 681. The third-order valence-electron chi connectivity index (χ3n) is 4.02. The number of nitrogens with zero attached hydrogens (tertiary/aromatic N) is 1. The van der Waals surface area contributed by atoms with Crippen molar-refractivity contribution in [1.82, 2.24) is 0 Å². The Labute approximate surface area is 133 Å². The number of carbonyl (C=O) groups is 1. The highest BCUT2D eigenvalue weighted by molar-refractivity contribution is 9.10. The lowest BCUT2D eigenvalue weighted by atomic mass is 10.1. The smallest absolute Gasteiger partial charge is 0.258 e. The molecule has 2 nitrogen and oxygen atoms in total. The Morgan fingerprint density at radius 1 is 1.14 bits per heavy atom. The lowest BCUT2D eigenvalue weighted by Crippen LogP contribution is -2.31. The van der Waals surface area contributed by atoms with Gasteiger partial charge in [0.2, 0.25) is 0 Å². The average molecular weight is 344 g/mol. The fraction of sp³-hybridized carbons (Fsp3) is 0.278. The summed E-state index contributed by atoms with van der Waals surface area (Å²) in [4.78, 5) is 14.8. The summed E-state index contributed by atoms with van der Waals surface area (Å²) in [7, 11) is 0. The number of para-hydroxylation sites is 1. The largest absolute Gasteiger partial charge is 0.308 e. The number of hydrogen-bond donors (Lipinski definition) is 0. The average Bonchev–Trinajstić information content (AvgIpc) is 2.71. The van der Waals surface area contributed by atoms with Crippen molar-refractivity contribution in [2.24, 2.45) is 0 Å². The summed E-state index contributed by atoms with van der Waals surface area (Å²) in [5.41, 5.74) is 4.22. The van der Waals surface area contributed by atoms with Crippen molar-refractivity contribution < 1.29 is 4.79 Å². The van der Waals surface area contributed by atoms with Gasteiger partial charge in [0.25, 0.3) is 5.91 Å². The highest BCUT2D eigenvalue weighted by Crippen LogP contribution is 2.28. The second kappa shape index (κ2) is 6.02. The van der Waals surface area contributed by atoms with Gasteiger partial charge in [0.05, 0.1) is 0 Å². The maximum Gasteiger partial charge on any atom is 0.258 e. The number of amides is 1. The molecular formula is C18H18BrNO. The van der Waals surface area contributed by atoms with Crippen LogP contribution >= 0.6 is 15.9 Å². The van der Waals surface area contributed by atoms with Crippen molar-refractivity contribution in [3.05, 3.63) is 63.6 Å². The Balaban J connectivity index is 1.99. The lowest BCUT2D eigenvalue weighted by molar-refractivity contribution is 0.0987. The number of fused-ring (bicyclic) bond motifs is 1. The first-order valence-electron chi connectivity index (χ1n) is 7.33. The highest BCUT2D eigenvalue weighted by atomic mass is 79.9. The molecule has 0 saturated heterocycles. The molecule has 0 unspecified atom stereocenters. The van der Waals surface area contributed by atoms with Crippen LogP contribution in [0.2, 0.25) is 0 Å². The number of carbonyl (C=O) groups excluding carboxylic acids is 1. The van der Waals surface area contributed by atoms with Crippen molar-refractivity contribution in [3.63, 3.8) is 0 Å². The predicted octanol–water partition coefficient (Wildman–Crippen LogP) is 4.74. The van der Waals surface area contributed by atoms with E-state index in [2.05, 4.69) is 34.1 Å². The van der Waals surface area contributed by atoms with E-state index in [1.54, 1.807) is 0 Å². The topological polar surface area (TPSA) is 20.3 Å². The van der Waals surface area contributed by atoms with Gasteiger partial charge in [-0.05, 0) is 55.5 Å². The molecule has 21 heavy (non-hydrogen) atoms. The van der Waals surface area contributed by atoms with Gasteiger partial charge in [0.1, 0.15) is 0 Å². The second-order valence-corrected chi connectivity index (χ2v) is 6.36. The molecule has 1 heterocycles. The molecule has 2 aromatic carbocycles. The number of hydrogen-bond acceptors (Lipinski definition) is 1. The van der Waals surface area contributed by atoms with E-state index in [9.17, 15) is 4.79 Å². The van der Waals surface area contributed by atoms with Crippen molar-refractivity contribution >= 4 is 27.5 Å². The molecule has 0 fully saturated rings. The molecule has 3 heteroatoms. The van der Waals surface area contributed by atoms with Crippen LogP contribution in [0.5, 0.6) is 0 Å². The van der Waals surface area contributed by atoms with Crippen molar-refractivity contribution in [1.29, 1.82) is 0 Å². The van der Waals surface area contributed by atoms with Crippen LogP contribution in [-0.4, -0.2) is 12.5 Å². The molecule has 1 aliphatic heterocycles. The molecule has 0 radical (unpaired) electrons. The van der Waals surface area contributed by atoms with Crippen LogP contribution in [0.15, 0.2) is 46.9 Å². The third-order valence-corrected chi connectivity index (χ3v) is 4.88. The van der Waals surface area contributed by atoms with Crippen LogP contribution in [0, 0.1) is 6.92 Å². The summed E-state index contributed by atoms with van der Waals surface area (Å²) in [5, 5.41) is 0. The van der Waals surface area contributed by atoms with E-state index in [-0.39, 0.29) is 5.91 Å². The molecule has 0 aliphatic carbocycles. The summed E-state index contributed by atoms with van der Waals surface area (Å²) in [6.07, 6.45) is 3.24. The number of aryl methyl sites for hydroxylation is 2. The standard InChI is InChI=1S/C18H18BrNO/c1-13-9-10-15(12-16(13)19)18(21)20-11-5-4-7-14-6-2-3-8-17(14)20/h2-3,6,8-10,12H,4-5,7,11H2,1H3. The lowest BCUT2D eigenvalue weighted by Gasteiger charge is -2.23. The molecule has 0 bridgehead atoms. The summed E-state index contributed by atoms with van der Waals surface area (Å²) in [5.74, 6) is 0.0880. The van der Waals surface area contributed by atoms with E-state index in [1.807, 2.05) is 36.1 Å². The molecule has 1 amide bonds. The van der Waals surface area contributed by atoms with Crippen LogP contribution < -0.4 is 4.90 Å². The molecule has 2 aromatic rings. The van der Waals surface area contributed by atoms with Crippen LogP contribution in [0.25, 0.3) is 0 Å². The molecular weight excluding hydrogens is 326 g/mol. The van der Waals surface area contributed by atoms with Crippen molar-refractivity contribution in [3.8, 4) is 0 Å². The minimum absolute atomic E-state index is 0.0880. The number of rotatable bonds is 1. The van der Waals surface area contributed by atoms with Crippen LogP contribution in [-0.2, 0) is 6.42 Å². The third kappa shape index (κ3) is 2.88. The minimum atomic E-state index is 0.0880. The first-order valence-corrected chi connectivity index (χ1v) is 8.12. The first-order chi connectivity index (χ1) is 10.2. The van der Waals surface area contributed by atoms with E-state index in [0.717, 1.165) is 47.1 Å². The fourth-order valence-electron chi connectivity index (χ4n) is 2.78. The molecule has 1 aliphatic rings. The summed E-state index contributed by atoms with van der Waals surface area (Å²) in [6, 6.07) is 14.1. The Morgan fingerprint density at radius 2 is 1.95 bits per heavy atom. The molecule has 3 rings (SSSR count). The van der Waals surface area contributed by atoms with E-state index in [4.69, 9.17) is 0 Å². The van der Waals surface area contributed by atoms with Crippen LogP contribution in [0.1, 0.15) is 34.3 Å². The van der Waals surface area contributed by atoms with Crippen molar-refractivity contribution in [2.45, 2.75) is 26.2 Å². The van der Waals surface area contributed by atoms with Gasteiger partial charge < -0.3 is 4.90 Å². The van der Waals surface area contributed by atoms with Gasteiger partial charge in [0.15, 0.2) is 0 Å². The molecule has 0 aromatic heterocycles. The molecule has 108 valence electrons. The van der Waals surface area contributed by atoms with Gasteiger partial charge in [0, 0.05) is 22.3 Å². The Morgan fingerprint density at radius 3 is 2.76 bits per heavy atom. The van der Waals surface area contributed by atoms with Crippen LogP contribution in [0.4, 0.5) is 5.69 Å². The fourth-order valence-corrected chi connectivity index (χ4v) is 3.16. The van der Waals surface area contributed by atoms with Gasteiger partial charge >= 0.3 is 0 Å². The van der Waals surface area contributed by atoms with Gasteiger partial charge in [-0.25, -0.2) is 0 Å². The monoisotopic (exact) mass is 343 g/mol. The van der Waals surface area contributed by atoms with Gasteiger partial charge in [-0.2, -0.15) is 0 Å². The zero-order valence-electron chi connectivity index (χ0n) is 12.1. The summed E-state index contributed by atoms with van der Waals surface area (Å²) in [6.45, 7) is 2.82. The molecule has 0 spiro atoms. The summed E-state index contributed by atoms with van der Waals surface area (Å²) >= 11 is 3.51. The maximum atomic E-state index is 12.9.